The number of hydrogen-bond acceptors (Lipinski definition) is 5. The quantitative estimate of drug-likeness (QED) is 0.647. The van der Waals surface area contributed by atoms with Gasteiger partial charge in [-0.2, -0.15) is 0 Å². The average Bonchev–Trinajstić information content (AvgIpc) is 2.17. The van der Waals surface area contributed by atoms with Crippen LogP contribution in [0, 0.1) is 0 Å². The zero-order valence-electron chi connectivity index (χ0n) is 6.76. The minimum absolute atomic E-state index is 0.143. The molecule has 0 saturated carbocycles. The van der Waals surface area contributed by atoms with E-state index in [1.54, 1.807) is 0 Å². The lowest BCUT2D eigenvalue weighted by molar-refractivity contribution is 0.0338. The Balaban J connectivity index is 2.77. The predicted octanol–water partition coefficient (Wildman–Crippen LogP) is -0.152. The van der Waals surface area contributed by atoms with Crippen LogP contribution in [-0.2, 0) is 0 Å². The third-order valence-electron chi connectivity index (χ3n) is 1.56. The molecule has 6 heteroatoms. The molecule has 0 aromatic carbocycles. The van der Waals surface area contributed by atoms with Crippen molar-refractivity contribution in [3.63, 3.8) is 0 Å². The highest BCUT2D eigenvalue weighted by Crippen LogP contribution is 2.16. The number of hydrogen-bond donors (Lipinski definition) is 3. The van der Waals surface area contributed by atoms with E-state index in [9.17, 15) is 10.2 Å². The second-order valence-electron chi connectivity index (χ2n) is 2.54. The van der Waals surface area contributed by atoms with Crippen molar-refractivity contribution in [3.05, 3.63) is 18.0 Å². The van der Waals surface area contributed by atoms with Gasteiger partial charge in [-0.15, -0.1) is 0 Å². The van der Waals surface area contributed by atoms with Crippen LogP contribution >= 0.6 is 15.9 Å². The normalized spacial score (nSPS) is 15.3. The molecule has 0 fully saturated rings. The van der Waals surface area contributed by atoms with Crippen LogP contribution in [0.1, 0.15) is 11.7 Å². The number of nitrogens with two attached hydrogens (primary N) is 1. The van der Waals surface area contributed by atoms with Crippen molar-refractivity contribution < 1.29 is 10.2 Å². The third kappa shape index (κ3) is 2.61. The summed E-state index contributed by atoms with van der Waals surface area (Å²) in [4.78, 5) is 7.39. The van der Waals surface area contributed by atoms with Crippen LogP contribution in [0.3, 0.4) is 0 Å². The Kier molecular flexibility index (Phi) is 3.58. The molecule has 1 aromatic rings. The van der Waals surface area contributed by atoms with Crippen LogP contribution in [0.4, 0.5) is 5.95 Å². The van der Waals surface area contributed by atoms with Gasteiger partial charge in [0.05, 0.1) is 6.10 Å². The zero-order valence-corrected chi connectivity index (χ0v) is 8.35. The van der Waals surface area contributed by atoms with Gasteiger partial charge in [-0.3, -0.25) is 0 Å². The maximum absolute atomic E-state index is 9.48. The lowest BCUT2D eigenvalue weighted by atomic mass is 10.1. The Morgan fingerprint density at radius 1 is 1.38 bits per heavy atom. The molecular formula is C7H10BrN3O2. The molecule has 1 rings (SSSR count). The molecule has 0 aliphatic heterocycles. The molecule has 1 aromatic heterocycles. The van der Waals surface area contributed by atoms with Crippen LogP contribution in [0.25, 0.3) is 0 Å². The topological polar surface area (TPSA) is 92.3 Å². The average molecular weight is 248 g/mol. The lowest BCUT2D eigenvalue weighted by Gasteiger charge is -2.14. The van der Waals surface area contributed by atoms with Gasteiger partial charge in [0.15, 0.2) is 0 Å². The summed E-state index contributed by atoms with van der Waals surface area (Å²) in [6.07, 6.45) is 0.921. The smallest absolute Gasteiger partial charge is 0.219 e. The third-order valence-corrected chi connectivity index (χ3v) is 2.22. The standard InChI is InChI=1S/C7H10BrN3O2/c8-1-5(12)6(13)4-2-10-7(9)11-3-4/h2-3,5-6,12-13H,1H2,(H2,9,10,11). The van der Waals surface area contributed by atoms with Gasteiger partial charge >= 0.3 is 0 Å². The largest absolute Gasteiger partial charge is 0.389 e. The minimum Gasteiger partial charge on any atom is -0.389 e. The summed E-state index contributed by atoms with van der Waals surface area (Å²) < 4.78 is 0. The number of aliphatic hydroxyl groups excluding tert-OH is 2. The van der Waals surface area contributed by atoms with E-state index in [4.69, 9.17) is 5.73 Å². The van der Waals surface area contributed by atoms with Crippen molar-refractivity contribution in [1.29, 1.82) is 0 Å². The lowest BCUT2D eigenvalue weighted by Crippen LogP contribution is -2.19. The van der Waals surface area contributed by atoms with Crippen molar-refractivity contribution in [1.82, 2.24) is 9.97 Å². The maximum atomic E-state index is 9.48. The van der Waals surface area contributed by atoms with E-state index >= 15 is 0 Å². The van der Waals surface area contributed by atoms with Gasteiger partial charge in [-0.25, -0.2) is 9.97 Å². The number of anilines is 1. The first-order valence-electron chi connectivity index (χ1n) is 3.64. The fourth-order valence-corrected chi connectivity index (χ4v) is 1.16. The molecule has 0 aliphatic rings. The molecule has 4 N–H and O–H groups in total. The van der Waals surface area contributed by atoms with Gasteiger partial charge < -0.3 is 15.9 Å². The number of alkyl halides is 1. The zero-order chi connectivity index (χ0) is 9.84. The Hall–Kier alpha value is -0.720. The second kappa shape index (κ2) is 4.50. The first-order chi connectivity index (χ1) is 6.15. The van der Waals surface area contributed by atoms with E-state index in [-0.39, 0.29) is 5.95 Å². The highest BCUT2D eigenvalue weighted by Gasteiger charge is 2.17. The summed E-state index contributed by atoms with van der Waals surface area (Å²) in [6.45, 7) is 0. The van der Waals surface area contributed by atoms with Gasteiger partial charge in [0.2, 0.25) is 5.95 Å². The van der Waals surface area contributed by atoms with Crippen LogP contribution in [0.5, 0.6) is 0 Å². The second-order valence-corrected chi connectivity index (χ2v) is 3.19. The summed E-state index contributed by atoms with van der Waals surface area (Å²) in [5.41, 5.74) is 5.71. The number of rotatable bonds is 3. The Labute approximate surface area is 83.8 Å². The fourth-order valence-electron chi connectivity index (χ4n) is 0.807. The molecule has 0 bridgehead atoms. The van der Waals surface area contributed by atoms with Gasteiger partial charge in [-0.05, 0) is 0 Å². The molecule has 2 unspecified atom stereocenters. The molecule has 72 valence electrons. The Bertz CT molecular complexity index is 267. The molecule has 5 nitrogen and oxygen atoms in total. The van der Waals surface area contributed by atoms with Crippen LogP contribution in [0.15, 0.2) is 12.4 Å². The maximum Gasteiger partial charge on any atom is 0.219 e. The van der Waals surface area contributed by atoms with Gasteiger partial charge in [0.25, 0.3) is 0 Å². The molecule has 0 radical (unpaired) electrons. The molecule has 2 atom stereocenters. The van der Waals surface area contributed by atoms with Crippen molar-refractivity contribution >= 4 is 21.9 Å². The van der Waals surface area contributed by atoms with E-state index in [1.165, 1.54) is 12.4 Å². The van der Waals surface area contributed by atoms with Gasteiger partial charge in [0.1, 0.15) is 6.10 Å². The summed E-state index contributed by atoms with van der Waals surface area (Å²) in [6, 6.07) is 0. The van der Waals surface area contributed by atoms with Crippen LogP contribution in [-0.4, -0.2) is 31.6 Å². The van der Waals surface area contributed by atoms with Crippen molar-refractivity contribution in [2.75, 3.05) is 11.1 Å². The van der Waals surface area contributed by atoms with Crippen molar-refractivity contribution in [3.8, 4) is 0 Å². The molecule has 0 amide bonds. The SMILES string of the molecule is Nc1ncc(C(O)C(O)CBr)cn1. The first-order valence-corrected chi connectivity index (χ1v) is 4.77. The monoisotopic (exact) mass is 247 g/mol. The van der Waals surface area contributed by atoms with Crippen LogP contribution in [0.2, 0.25) is 0 Å². The highest BCUT2D eigenvalue weighted by atomic mass is 79.9. The minimum atomic E-state index is -0.986. The molecule has 1 heterocycles. The summed E-state index contributed by atoms with van der Waals surface area (Å²) in [5.74, 6) is 0.143. The summed E-state index contributed by atoms with van der Waals surface area (Å²) in [7, 11) is 0. The number of halogens is 1. The molecule has 13 heavy (non-hydrogen) atoms. The molecule has 0 aliphatic carbocycles. The molecular weight excluding hydrogens is 238 g/mol. The summed E-state index contributed by atoms with van der Waals surface area (Å²) >= 11 is 3.05. The summed E-state index contributed by atoms with van der Waals surface area (Å²) in [5, 5.41) is 19.0. The van der Waals surface area contributed by atoms with Gasteiger partial charge in [0, 0.05) is 23.3 Å². The van der Waals surface area contributed by atoms with E-state index in [1.807, 2.05) is 0 Å². The Morgan fingerprint density at radius 3 is 2.38 bits per heavy atom. The van der Waals surface area contributed by atoms with E-state index in [0.717, 1.165) is 0 Å². The van der Waals surface area contributed by atoms with E-state index in [0.29, 0.717) is 10.9 Å². The predicted molar refractivity (Wildman–Crippen MR) is 51.2 cm³/mol. The molecule has 0 spiro atoms. The number of nitrogen functional groups attached to an aromatic ring is 1. The number of nitrogens with zero attached hydrogens (tertiary/aromatic N) is 2. The van der Waals surface area contributed by atoms with E-state index < -0.39 is 12.2 Å². The number of aliphatic hydroxyl groups is 2. The van der Waals surface area contributed by atoms with Gasteiger partial charge in [-0.1, -0.05) is 15.9 Å². The fraction of sp³-hybridized carbons (Fsp3) is 0.429. The van der Waals surface area contributed by atoms with Crippen LogP contribution < -0.4 is 5.73 Å². The first kappa shape index (κ1) is 10.4. The van der Waals surface area contributed by atoms with E-state index in [2.05, 4.69) is 25.9 Å². The number of aromatic nitrogens is 2. The highest BCUT2D eigenvalue weighted by molar-refractivity contribution is 9.09. The van der Waals surface area contributed by atoms with Crippen molar-refractivity contribution in [2.45, 2.75) is 12.2 Å². The Morgan fingerprint density at radius 2 is 1.92 bits per heavy atom. The molecule has 0 saturated heterocycles. The van der Waals surface area contributed by atoms with Crippen molar-refractivity contribution in [2.24, 2.45) is 0 Å².